The molecule has 4 heteroatoms. The summed E-state index contributed by atoms with van der Waals surface area (Å²) in [4.78, 5) is 13.2. The van der Waals surface area contributed by atoms with E-state index in [1.807, 2.05) is 12.1 Å². The van der Waals surface area contributed by atoms with Crippen LogP contribution in [0.4, 0.5) is 5.69 Å². The number of anilines is 1. The van der Waals surface area contributed by atoms with Gasteiger partial charge >= 0.3 is 0 Å². The third-order valence-corrected chi connectivity index (χ3v) is 5.77. The second-order valence-corrected chi connectivity index (χ2v) is 8.60. The van der Waals surface area contributed by atoms with Crippen LogP contribution in [0.1, 0.15) is 49.3 Å². The van der Waals surface area contributed by atoms with Gasteiger partial charge in [-0.3, -0.25) is 4.79 Å². The fourth-order valence-electron chi connectivity index (χ4n) is 4.45. The highest BCUT2D eigenvalue weighted by atomic mass is 16.5. The van der Waals surface area contributed by atoms with Crippen molar-refractivity contribution in [3.05, 3.63) is 64.4 Å². The summed E-state index contributed by atoms with van der Waals surface area (Å²) in [7, 11) is 3.28. The van der Waals surface area contributed by atoms with E-state index >= 15 is 0 Å². The maximum Gasteiger partial charge on any atom is 0.162 e. The number of carbonyl (C=O) groups is 1. The summed E-state index contributed by atoms with van der Waals surface area (Å²) >= 11 is 0. The molecule has 2 aromatic carbocycles. The number of benzene rings is 2. The quantitative estimate of drug-likeness (QED) is 0.797. The molecular formula is C24H27NO3. The summed E-state index contributed by atoms with van der Waals surface area (Å²) < 4.78 is 11.1. The van der Waals surface area contributed by atoms with Gasteiger partial charge in [0.2, 0.25) is 0 Å². The molecule has 28 heavy (non-hydrogen) atoms. The molecule has 0 bridgehead atoms. The summed E-state index contributed by atoms with van der Waals surface area (Å²) in [5.41, 5.74) is 6.24. The largest absolute Gasteiger partial charge is 0.493 e. The number of fused-ring (bicyclic) bond motifs is 1. The SMILES string of the molecule is COc1cc2c(cc1OC)C(c1ccc(C)cc1)C1=C(CC(C)(C)CC1=O)N2. The Bertz CT molecular complexity index is 970. The van der Waals surface area contributed by atoms with Gasteiger partial charge in [-0.05, 0) is 36.0 Å². The number of carbonyl (C=O) groups excluding carboxylic acids is 1. The van der Waals surface area contributed by atoms with E-state index in [9.17, 15) is 4.79 Å². The van der Waals surface area contributed by atoms with Gasteiger partial charge in [-0.2, -0.15) is 0 Å². The Kier molecular flexibility index (Phi) is 4.45. The molecule has 1 N–H and O–H groups in total. The van der Waals surface area contributed by atoms with Crippen LogP contribution in [0.2, 0.25) is 0 Å². The second-order valence-electron chi connectivity index (χ2n) is 8.60. The van der Waals surface area contributed by atoms with Gasteiger partial charge in [-0.25, -0.2) is 0 Å². The summed E-state index contributed by atoms with van der Waals surface area (Å²) in [6.45, 7) is 6.38. The molecule has 1 aliphatic heterocycles. The number of methoxy groups -OCH3 is 2. The van der Waals surface area contributed by atoms with Gasteiger partial charge in [-0.1, -0.05) is 43.7 Å². The third kappa shape index (κ3) is 3.07. The zero-order valence-electron chi connectivity index (χ0n) is 17.2. The average molecular weight is 377 g/mol. The maximum absolute atomic E-state index is 13.2. The number of aryl methyl sites for hydroxylation is 1. The molecule has 1 unspecified atom stereocenters. The van der Waals surface area contributed by atoms with Crippen LogP contribution < -0.4 is 14.8 Å². The topological polar surface area (TPSA) is 47.6 Å². The number of Topliss-reactive ketones (excluding diaryl/α,β-unsaturated/α-hetero) is 1. The first-order chi connectivity index (χ1) is 13.3. The molecule has 2 aromatic rings. The highest BCUT2D eigenvalue weighted by Gasteiger charge is 2.41. The van der Waals surface area contributed by atoms with Crippen molar-refractivity contribution in [2.75, 3.05) is 19.5 Å². The Balaban J connectivity index is 1.95. The summed E-state index contributed by atoms with van der Waals surface area (Å²) in [5.74, 6) is 1.48. The van der Waals surface area contributed by atoms with Gasteiger partial charge in [0.1, 0.15) is 0 Å². The molecule has 4 nitrogen and oxygen atoms in total. The lowest BCUT2D eigenvalue weighted by atomic mass is 9.68. The molecule has 1 heterocycles. The lowest BCUT2D eigenvalue weighted by Gasteiger charge is -2.39. The van der Waals surface area contributed by atoms with Crippen LogP contribution in [-0.4, -0.2) is 20.0 Å². The van der Waals surface area contributed by atoms with Gasteiger partial charge in [0, 0.05) is 35.4 Å². The Morgan fingerprint density at radius 2 is 1.64 bits per heavy atom. The van der Waals surface area contributed by atoms with Crippen molar-refractivity contribution in [2.24, 2.45) is 5.41 Å². The molecule has 146 valence electrons. The Hall–Kier alpha value is -2.75. The summed E-state index contributed by atoms with van der Waals surface area (Å²) in [6, 6.07) is 12.4. The lowest BCUT2D eigenvalue weighted by molar-refractivity contribution is -0.118. The third-order valence-electron chi connectivity index (χ3n) is 5.77. The predicted octanol–water partition coefficient (Wildman–Crippen LogP) is 5.21. The van der Waals surface area contributed by atoms with Crippen molar-refractivity contribution in [1.82, 2.24) is 0 Å². The van der Waals surface area contributed by atoms with Crippen LogP contribution in [-0.2, 0) is 4.79 Å². The summed E-state index contributed by atoms with van der Waals surface area (Å²) in [5, 5.41) is 3.55. The standard InChI is InChI=1S/C24H27NO3/c1-14-6-8-15(9-7-14)22-16-10-20(27-4)21(28-5)11-17(16)25-18-12-24(2,3)13-19(26)23(18)22/h6-11,22,25H,12-13H2,1-5H3. The van der Waals surface area contributed by atoms with Crippen LogP contribution in [0, 0.1) is 12.3 Å². The Morgan fingerprint density at radius 3 is 2.29 bits per heavy atom. The number of allylic oxidation sites excluding steroid dienone is 2. The Labute approximate surface area is 166 Å². The molecule has 1 aliphatic carbocycles. The van der Waals surface area contributed by atoms with E-state index in [-0.39, 0.29) is 17.1 Å². The molecule has 0 spiro atoms. The molecule has 1 atom stereocenters. The maximum atomic E-state index is 13.2. The number of ether oxygens (including phenoxy) is 2. The predicted molar refractivity (Wildman–Crippen MR) is 111 cm³/mol. The van der Waals surface area contributed by atoms with E-state index in [0.717, 1.165) is 34.5 Å². The summed E-state index contributed by atoms with van der Waals surface area (Å²) in [6.07, 6.45) is 1.42. The number of hydrogen-bond donors (Lipinski definition) is 1. The molecule has 0 saturated carbocycles. The van der Waals surface area contributed by atoms with Crippen LogP contribution in [0.25, 0.3) is 0 Å². The fraction of sp³-hybridized carbons (Fsp3) is 0.375. The van der Waals surface area contributed by atoms with Crippen LogP contribution >= 0.6 is 0 Å². The first-order valence-electron chi connectivity index (χ1n) is 9.69. The van der Waals surface area contributed by atoms with Crippen molar-refractivity contribution in [3.63, 3.8) is 0 Å². The second kappa shape index (κ2) is 6.69. The van der Waals surface area contributed by atoms with Gasteiger partial charge < -0.3 is 14.8 Å². The first kappa shape index (κ1) is 18.6. The molecule has 2 aliphatic rings. The van der Waals surface area contributed by atoms with Crippen LogP contribution in [0.15, 0.2) is 47.7 Å². The Morgan fingerprint density at radius 1 is 1.00 bits per heavy atom. The minimum Gasteiger partial charge on any atom is -0.493 e. The molecule has 0 fully saturated rings. The van der Waals surface area contributed by atoms with Crippen molar-refractivity contribution in [1.29, 1.82) is 0 Å². The molecule has 0 amide bonds. The molecule has 0 radical (unpaired) electrons. The highest BCUT2D eigenvalue weighted by Crippen LogP contribution is 2.51. The van der Waals surface area contributed by atoms with Crippen molar-refractivity contribution < 1.29 is 14.3 Å². The van der Waals surface area contributed by atoms with E-state index in [4.69, 9.17) is 9.47 Å². The smallest absolute Gasteiger partial charge is 0.162 e. The lowest BCUT2D eigenvalue weighted by Crippen LogP contribution is -2.33. The number of nitrogens with one attached hydrogen (secondary N) is 1. The van der Waals surface area contributed by atoms with Crippen molar-refractivity contribution in [2.45, 2.75) is 39.5 Å². The molecular weight excluding hydrogens is 350 g/mol. The van der Waals surface area contributed by atoms with Crippen molar-refractivity contribution >= 4 is 11.5 Å². The average Bonchev–Trinajstić information content (AvgIpc) is 2.65. The van der Waals surface area contributed by atoms with E-state index in [0.29, 0.717) is 17.9 Å². The monoisotopic (exact) mass is 377 g/mol. The van der Waals surface area contributed by atoms with Crippen molar-refractivity contribution in [3.8, 4) is 11.5 Å². The minimum absolute atomic E-state index is 0.0468. The molecule has 0 saturated heterocycles. The molecule has 0 aromatic heterocycles. The molecule has 4 rings (SSSR count). The van der Waals surface area contributed by atoms with E-state index in [2.05, 4.69) is 50.4 Å². The highest BCUT2D eigenvalue weighted by molar-refractivity contribution is 6.01. The number of rotatable bonds is 3. The van der Waals surface area contributed by atoms with E-state index in [1.54, 1.807) is 14.2 Å². The van der Waals surface area contributed by atoms with Gasteiger partial charge in [0.15, 0.2) is 17.3 Å². The van der Waals surface area contributed by atoms with Gasteiger partial charge in [0.05, 0.1) is 14.2 Å². The zero-order valence-corrected chi connectivity index (χ0v) is 17.2. The first-order valence-corrected chi connectivity index (χ1v) is 9.69. The van der Waals surface area contributed by atoms with Crippen LogP contribution in [0.5, 0.6) is 11.5 Å². The minimum atomic E-state index is -0.102. The number of ketones is 1. The van der Waals surface area contributed by atoms with Gasteiger partial charge in [0.25, 0.3) is 0 Å². The van der Waals surface area contributed by atoms with E-state index in [1.165, 1.54) is 5.56 Å². The number of hydrogen-bond acceptors (Lipinski definition) is 4. The zero-order chi connectivity index (χ0) is 20.1. The van der Waals surface area contributed by atoms with E-state index < -0.39 is 0 Å². The van der Waals surface area contributed by atoms with Crippen LogP contribution in [0.3, 0.4) is 0 Å². The fourth-order valence-corrected chi connectivity index (χ4v) is 4.45. The normalized spacial score (nSPS) is 20.2. The van der Waals surface area contributed by atoms with Gasteiger partial charge in [-0.15, -0.1) is 0 Å².